The van der Waals surface area contributed by atoms with Gasteiger partial charge in [-0.05, 0) is 47.2 Å². The highest BCUT2D eigenvalue weighted by Gasteiger charge is 2.44. The Kier molecular flexibility index (Phi) is 6.07. The van der Waals surface area contributed by atoms with E-state index in [1.54, 1.807) is 39.9 Å². The maximum Gasteiger partial charge on any atom is 0.616 e. The van der Waals surface area contributed by atoms with Crippen LogP contribution in [0.4, 0.5) is 5.69 Å². The van der Waals surface area contributed by atoms with E-state index in [0.717, 1.165) is 18.7 Å². The molecule has 2 fully saturated rings. The van der Waals surface area contributed by atoms with Crippen molar-refractivity contribution < 1.29 is 28.3 Å². The number of hydrogen-bond donors (Lipinski definition) is 0. The van der Waals surface area contributed by atoms with E-state index in [2.05, 4.69) is 0 Å². The molecule has 2 aliphatic heterocycles. The van der Waals surface area contributed by atoms with Crippen LogP contribution < -0.4 is 4.74 Å². The molecule has 0 spiro atoms. The minimum Gasteiger partial charge on any atom is -0.450 e. The van der Waals surface area contributed by atoms with Crippen LogP contribution in [0.25, 0.3) is 0 Å². The fourth-order valence-corrected chi connectivity index (χ4v) is 5.12. The van der Waals surface area contributed by atoms with Crippen molar-refractivity contribution in [2.24, 2.45) is 0 Å². The number of nitro groups is 1. The Bertz CT molecular complexity index is 1120. The Morgan fingerprint density at radius 2 is 1.94 bits per heavy atom. The molecule has 3 aliphatic rings. The van der Waals surface area contributed by atoms with Gasteiger partial charge in [0.2, 0.25) is 5.75 Å². The number of nitro benzene ring substituents is 1. The van der Waals surface area contributed by atoms with E-state index in [4.69, 9.17) is 14.0 Å². The van der Waals surface area contributed by atoms with E-state index in [0.29, 0.717) is 56.0 Å². The third-order valence-corrected chi connectivity index (χ3v) is 7.24. The van der Waals surface area contributed by atoms with Gasteiger partial charge in [0.25, 0.3) is 5.91 Å². The lowest BCUT2D eigenvalue weighted by Crippen LogP contribution is -2.40. The van der Waals surface area contributed by atoms with Gasteiger partial charge in [-0.25, -0.2) is 0 Å². The summed E-state index contributed by atoms with van der Waals surface area (Å²) in [6, 6.07) is 9.70. The molecular formula is C22H23N3O7P+. The molecule has 1 aliphatic carbocycles. The van der Waals surface area contributed by atoms with Gasteiger partial charge in [-0.15, -0.1) is 4.52 Å². The van der Waals surface area contributed by atoms with Gasteiger partial charge in [-0.1, -0.05) is 10.7 Å². The summed E-state index contributed by atoms with van der Waals surface area (Å²) in [5, 5.41) is 11.7. The van der Waals surface area contributed by atoms with E-state index in [-0.39, 0.29) is 17.3 Å². The second kappa shape index (κ2) is 9.15. The van der Waals surface area contributed by atoms with Gasteiger partial charge in [0, 0.05) is 30.3 Å². The standard InChI is InChI=1S/C22H23N3O7P/c26-22(23-10-12-30-13-11-23)15-2-1-3-16(14-15)31-21-18-5-7-20(32-33(29)24-8-9-24)17(18)4-6-19(21)25(27)28/h1-4,6,14,20H,5,7-13H2/q+1/t20-/m1/s1. The van der Waals surface area contributed by atoms with E-state index < -0.39 is 19.2 Å². The van der Waals surface area contributed by atoms with Gasteiger partial charge >= 0.3 is 13.9 Å². The fraction of sp³-hybridized carbons (Fsp3) is 0.409. The average molecular weight is 472 g/mol. The lowest BCUT2D eigenvalue weighted by molar-refractivity contribution is -0.385. The molecular weight excluding hydrogens is 449 g/mol. The second-order valence-corrected chi connectivity index (χ2v) is 9.35. The first-order valence-corrected chi connectivity index (χ1v) is 12.0. The molecule has 2 aromatic rings. The summed E-state index contributed by atoms with van der Waals surface area (Å²) < 4.78 is 31.0. The van der Waals surface area contributed by atoms with Gasteiger partial charge in [0.05, 0.1) is 31.2 Å². The molecule has 0 aromatic heterocycles. The van der Waals surface area contributed by atoms with Crippen LogP contribution in [0, 0.1) is 10.1 Å². The number of rotatable bonds is 7. The highest BCUT2D eigenvalue weighted by atomic mass is 31.1. The third kappa shape index (κ3) is 4.60. The Balaban J connectivity index is 1.42. The molecule has 0 bridgehead atoms. The topological polar surface area (TPSA) is 111 Å². The zero-order valence-corrected chi connectivity index (χ0v) is 18.7. The fourth-order valence-electron chi connectivity index (χ4n) is 4.13. The van der Waals surface area contributed by atoms with Gasteiger partial charge < -0.3 is 14.4 Å². The number of carbonyl (C=O) groups is 1. The molecule has 1 unspecified atom stereocenters. The van der Waals surface area contributed by atoms with Crippen molar-refractivity contribution >= 4 is 19.8 Å². The quantitative estimate of drug-likeness (QED) is 0.259. The van der Waals surface area contributed by atoms with Crippen molar-refractivity contribution in [3.63, 3.8) is 0 Å². The first-order valence-electron chi connectivity index (χ1n) is 10.9. The molecule has 2 heterocycles. The first-order chi connectivity index (χ1) is 16.0. The highest BCUT2D eigenvalue weighted by Crippen LogP contribution is 2.49. The van der Waals surface area contributed by atoms with Crippen LogP contribution in [0.1, 0.15) is 34.0 Å². The lowest BCUT2D eigenvalue weighted by Gasteiger charge is -2.27. The summed E-state index contributed by atoms with van der Waals surface area (Å²) in [4.78, 5) is 25.8. The van der Waals surface area contributed by atoms with E-state index in [9.17, 15) is 19.5 Å². The predicted octanol–water partition coefficient (Wildman–Crippen LogP) is 3.84. The molecule has 0 N–H and O–H groups in total. The minimum absolute atomic E-state index is 0.135. The van der Waals surface area contributed by atoms with Crippen LogP contribution in [0.15, 0.2) is 36.4 Å². The molecule has 0 radical (unpaired) electrons. The molecule has 33 heavy (non-hydrogen) atoms. The number of carbonyl (C=O) groups excluding carboxylic acids is 1. The molecule has 2 atom stereocenters. The number of fused-ring (bicyclic) bond motifs is 1. The number of nitrogens with zero attached hydrogens (tertiary/aromatic N) is 3. The van der Waals surface area contributed by atoms with Crippen molar-refractivity contribution in [2.75, 3.05) is 39.4 Å². The van der Waals surface area contributed by atoms with Crippen LogP contribution >= 0.6 is 8.18 Å². The summed E-state index contributed by atoms with van der Waals surface area (Å²) in [5.41, 5.74) is 1.71. The molecule has 0 saturated carbocycles. The molecule has 172 valence electrons. The SMILES string of the molecule is O=C(c1cccc(Oc2c([N+](=O)[O-])ccc3c2CC[C@H]3O[P+](=O)N2CC2)c1)N1CCOCC1. The van der Waals surface area contributed by atoms with Crippen molar-refractivity contribution in [1.29, 1.82) is 0 Å². The second-order valence-electron chi connectivity index (χ2n) is 8.10. The van der Waals surface area contributed by atoms with E-state index in [1.807, 2.05) is 0 Å². The van der Waals surface area contributed by atoms with Crippen molar-refractivity contribution in [2.45, 2.75) is 18.9 Å². The largest absolute Gasteiger partial charge is 0.616 e. The molecule has 2 aromatic carbocycles. The Morgan fingerprint density at radius 1 is 1.15 bits per heavy atom. The van der Waals surface area contributed by atoms with Crippen LogP contribution in [-0.2, 0) is 20.2 Å². The summed E-state index contributed by atoms with van der Waals surface area (Å²) in [7, 11) is -1.90. The van der Waals surface area contributed by atoms with Crippen molar-refractivity contribution in [3.8, 4) is 11.5 Å². The predicted molar refractivity (Wildman–Crippen MR) is 118 cm³/mol. The van der Waals surface area contributed by atoms with E-state index >= 15 is 0 Å². The third-order valence-electron chi connectivity index (χ3n) is 5.95. The maximum atomic E-state index is 12.8. The monoisotopic (exact) mass is 472 g/mol. The van der Waals surface area contributed by atoms with Gasteiger partial charge in [-0.3, -0.25) is 14.9 Å². The Hall–Kier alpha value is -2.91. The normalized spacial score (nSPS) is 20.3. The van der Waals surface area contributed by atoms with Gasteiger partial charge in [0.1, 0.15) is 11.9 Å². The molecule has 1 amide bonds. The smallest absolute Gasteiger partial charge is 0.450 e. The summed E-state index contributed by atoms with van der Waals surface area (Å²) in [6.07, 6.45) is 0.672. The Morgan fingerprint density at radius 3 is 2.67 bits per heavy atom. The van der Waals surface area contributed by atoms with Crippen LogP contribution in [0.3, 0.4) is 0 Å². The Labute approximate surface area is 191 Å². The molecule has 11 heteroatoms. The van der Waals surface area contributed by atoms with E-state index in [1.165, 1.54) is 6.07 Å². The van der Waals surface area contributed by atoms with Crippen LogP contribution in [0.2, 0.25) is 0 Å². The van der Waals surface area contributed by atoms with Gasteiger partial charge in [0.15, 0.2) is 0 Å². The molecule has 10 nitrogen and oxygen atoms in total. The number of hydrogen-bond acceptors (Lipinski definition) is 7. The van der Waals surface area contributed by atoms with Crippen LogP contribution in [0.5, 0.6) is 11.5 Å². The zero-order chi connectivity index (χ0) is 22.9. The first kappa shape index (κ1) is 21.9. The van der Waals surface area contributed by atoms with Gasteiger partial charge in [-0.2, -0.15) is 0 Å². The summed E-state index contributed by atoms with van der Waals surface area (Å²) >= 11 is 0. The summed E-state index contributed by atoms with van der Waals surface area (Å²) in [5.74, 6) is 0.343. The number of amides is 1. The van der Waals surface area contributed by atoms with Crippen molar-refractivity contribution in [3.05, 3.63) is 63.2 Å². The maximum absolute atomic E-state index is 12.8. The zero-order valence-electron chi connectivity index (χ0n) is 17.8. The molecule has 5 rings (SSSR count). The highest BCUT2D eigenvalue weighted by molar-refractivity contribution is 7.36. The average Bonchev–Trinajstić information content (AvgIpc) is 3.61. The number of morpholine rings is 1. The number of ether oxygens (including phenoxy) is 2. The molecule has 2 saturated heterocycles. The number of benzene rings is 2. The van der Waals surface area contributed by atoms with Crippen molar-refractivity contribution in [1.82, 2.24) is 9.57 Å². The van der Waals surface area contributed by atoms with Crippen LogP contribution in [-0.4, -0.2) is 59.8 Å². The summed E-state index contributed by atoms with van der Waals surface area (Å²) in [6.45, 7) is 3.53. The minimum atomic E-state index is -1.90. The lowest BCUT2D eigenvalue weighted by atomic mass is 10.1.